The molecular weight excluding hydrogens is 302 g/mol. The molecule has 1 aromatic rings. The zero-order valence-electron chi connectivity index (χ0n) is 12.4. The number of nitrogens with two attached hydrogens (primary N) is 1. The van der Waals surface area contributed by atoms with Crippen molar-refractivity contribution in [3.05, 3.63) is 29.3 Å². The molecule has 2 heterocycles. The third kappa shape index (κ3) is 3.19. The van der Waals surface area contributed by atoms with Crippen molar-refractivity contribution in [3.8, 4) is 0 Å². The van der Waals surface area contributed by atoms with Crippen molar-refractivity contribution in [1.82, 2.24) is 4.90 Å². The second-order valence-corrected chi connectivity index (χ2v) is 7.52. The topological polar surface area (TPSA) is 32.5 Å². The number of piperazine rings is 1. The molecule has 116 valence electrons. The quantitative estimate of drug-likeness (QED) is 0.926. The van der Waals surface area contributed by atoms with Gasteiger partial charge in [0.15, 0.2) is 0 Å². The number of hydrogen-bond donors (Lipinski definition) is 1. The standard InChI is InChI=1S/C16H24ClN3S/c17-14-4-1-2-5-15(14)19-7-9-20(10-8-19)16(12-18)6-3-11-21-13-16/h1-2,4-5H,3,6-13,18H2. The number of nitrogens with zero attached hydrogens (tertiary/aromatic N) is 2. The second kappa shape index (κ2) is 6.78. The van der Waals surface area contributed by atoms with Gasteiger partial charge in [0.1, 0.15) is 0 Å². The lowest BCUT2D eigenvalue weighted by Gasteiger charge is -2.49. The largest absolute Gasteiger partial charge is 0.368 e. The number of hydrogen-bond acceptors (Lipinski definition) is 4. The van der Waals surface area contributed by atoms with Crippen LogP contribution in [0.5, 0.6) is 0 Å². The van der Waals surface area contributed by atoms with Gasteiger partial charge in [-0.05, 0) is 30.7 Å². The molecule has 1 atom stereocenters. The zero-order valence-corrected chi connectivity index (χ0v) is 14.0. The van der Waals surface area contributed by atoms with Gasteiger partial charge in [-0.2, -0.15) is 11.8 Å². The Bertz CT molecular complexity index is 468. The van der Waals surface area contributed by atoms with Crippen molar-refractivity contribution < 1.29 is 0 Å². The molecule has 2 aliphatic heterocycles. The van der Waals surface area contributed by atoms with Gasteiger partial charge in [0.05, 0.1) is 10.7 Å². The van der Waals surface area contributed by atoms with Crippen LogP contribution in [0.3, 0.4) is 0 Å². The second-order valence-electron chi connectivity index (χ2n) is 6.01. The van der Waals surface area contributed by atoms with Crippen LogP contribution < -0.4 is 10.6 Å². The van der Waals surface area contributed by atoms with Gasteiger partial charge in [-0.25, -0.2) is 0 Å². The molecule has 0 spiro atoms. The first-order valence-corrected chi connectivity index (χ1v) is 9.31. The van der Waals surface area contributed by atoms with E-state index in [0.717, 1.165) is 37.7 Å². The predicted molar refractivity (Wildman–Crippen MR) is 93.6 cm³/mol. The molecule has 0 aromatic heterocycles. The molecule has 3 nitrogen and oxygen atoms in total. The summed E-state index contributed by atoms with van der Waals surface area (Å²) in [6.07, 6.45) is 2.55. The van der Waals surface area contributed by atoms with Gasteiger partial charge < -0.3 is 10.6 Å². The van der Waals surface area contributed by atoms with Crippen molar-refractivity contribution in [3.63, 3.8) is 0 Å². The molecule has 2 fully saturated rings. The highest BCUT2D eigenvalue weighted by molar-refractivity contribution is 7.99. The van der Waals surface area contributed by atoms with E-state index < -0.39 is 0 Å². The Balaban J connectivity index is 1.66. The Labute approximate surface area is 136 Å². The van der Waals surface area contributed by atoms with Crippen LogP contribution in [0, 0.1) is 0 Å². The van der Waals surface area contributed by atoms with Crippen LogP contribution >= 0.6 is 23.4 Å². The molecule has 2 saturated heterocycles. The fourth-order valence-electron chi connectivity index (χ4n) is 3.51. The summed E-state index contributed by atoms with van der Waals surface area (Å²) in [5, 5.41) is 0.854. The van der Waals surface area contributed by atoms with E-state index in [1.54, 1.807) is 0 Å². The van der Waals surface area contributed by atoms with E-state index in [2.05, 4.69) is 33.7 Å². The summed E-state index contributed by atoms with van der Waals surface area (Å²) in [4.78, 5) is 5.03. The van der Waals surface area contributed by atoms with Crippen molar-refractivity contribution in [2.45, 2.75) is 18.4 Å². The molecule has 0 amide bonds. The van der Waals surface area contributed by atoms with Gasteiger partial charge in [0, 0.05) is 44.0 Å². The minimum Gasteiger partial charge on any atom is -0.368 e. The third-order valence-corrected chi connectivity index (χ3v) is 6.46. The van der Waals surface area contributed by atoms with Crippen molar-refractivity contribution in [2.75, 3.05) is 49.1 Å². The summed E-state index contributed by atoms with van der Waals surface area (Å²) >= 11 is 8.38. The van der Waals surface area contributed by atoms with Crippen LogP contribution in [0.15, 0.2) is 24.3 Å². The molecule has 1 unspecified atom stereocenters. The summed E-state index contributed by atoms with van der Waals surface area (Å²) in [6, 6.07) is 8.15. The van der Waals surface area contributed by atoms with Gasteiger partial charge >= 0.3 is 0 Å². The summed E-state index contributed by atoms with van der Waals surface area (Å²) in [5.41, 5.74) is 7.55. The van der Waals surface area contributed by atoms with Crippen LogP contribution in [0.1, 0.15) is 12.8 Å². The van der Waals surface area contributed by atoms with Crippen molar-refractivity contribution >= 4 is 29.1 Å². The highest BCUT2D eigenvalue weighted by Gasteiger charge is 2.38. The summed E-state index contributed by atoms with van der Waals surface area (Å²) in [5.74, 6) is 2.48. The van der Waals surface area contributed by atoms with Gasteiger partial charge in [-0.1, -0.05) is 23.7 Å². The van der Waals surface area contributed by atoms with E-state index >= 15 is 0 Å². The van der Waals surface area contributed by atoms with Crippen LogP contribution in [-0.4, -0.2) is 54.7 Å². The van der Waals surface area contributed by atoms with Gasteiger partial charge in [-0.3, -0.25) is 4.90 Å². The first-order valence-electron chi connectivity index (χ1n) is 7.77. The minimum absolute atomic E-state index is 0.232. The van der Waals surface area contributed by atoms with E-state index in [9.17, 15) is 0 Å². The van der Waals surface area contributed by atoms with Crippen LogP contribution in [0.2, 0.25) is 5.02 Å². The molecule has 2 aliphatic rings. The first kappa shape index (κ1) is 15.5. The Morgan fingerprint density at radius 3 is 2.57 bits per heavy atom. The Morgan fingerprint density at radius 1 is 1.19 bits per heavy atom. The van der Waals surface area contributed by atoms with Crippen LogP contribution in [0.4, 0.5) is 5.69 Å². The number of anilines is 1. The van der Waals surface area contributed by atoms with Crippen molar-refractivity contribution in [2.24, 2.45) is 5.73 Å². The molecule has 0 bridgehead atoms. The maximum absolute atomic E-state index is 6.32. The summed E-state index contributed by atoms with van der Waals surface area (Å²) in [6.45, 7) is 5.03. The number of rotatable bonds is 3. The molecule has 1 aromatic carbocycles. The summed E-state index contributed by atoms with van der Waals surface area (Å²) < 4.78 is 0. The Kier molecular flexibility index (Phi) is 4.99. The maximum Gasteiger partial charge on any atom is 0.0639 e. The van der Waals surface area contributed by atoms with Crippen molar-refractivity contribution in [1.29, 1.82) is 0 Å². The third-order valence-electron chi connectivity index (χ3n) is 4.83. The average Bonchev–Trinajstić information content (AvgIpc) is 2.56. The van der Waals surface area contributed by atoms with E-state index in [0.29, 0.717) is 0 Å². The Hall–Kier alpha value is -0.420. The predicted octanol–water partition coefficient (Wildman–Crippen LogP) is 2.69. The average molecular weight is 326 g/mol. The lowest BCUT2D eigenvalue weighted by atomic mass is 9.92. The van der Waals surface area contributed by atoms with E-state index in [4.69, 9.17) is 17.3 Å². The number of para-hydroxylation sites is 1. The molecule has 0 aliphatic carbocycles. The van der Waals surface area contributed by atoms with Crippen LogP contribution in [-0.2, 0) is 0 Å². The molecule has 3 rings (SSSR count). The summed E-state index contributed by atoms with van der Waals surface area (Å²) in [7, 11) is 0. The number of thioether (sulfide) groups is 1. The van der Waals surface area contributed by atoms with E-state index in [1.807, 2.05) is 12.1 Å². The lowest BCUT2D eigenvalue weighted by Crippen LogP contribution is -2.62. The fourth-order valence-corrected chi connectivity index (χ4v) is 5.08. The monoisotopic (exact) mass is 325 g/mol. The van der Waals surface area contributed by atoms with Gasteiger partial charge in [0.25, 0.3) is 0 Å². The zero-order chi connectivity index (χ0) is 14.7. The van der Waals surface area contributed by atoms with Crippen LogP contribution in [0.25, 0.3) is 0 Å². The first-order chi connectivity index (χ1) is 10.2. The molecule has 21 heavy (non-hydrogen) atoms. The normalized spacial score (nSPS) is 27.8. The Morgan fingerprint density at radius 2 is 1.95 bits per heavy atom. The maximum atomic E-state index is 6.32. The number of benzene rings is 1. The molecule has 5 heteroatoms. The highest BCUT2D eigenvalue weighted by atomic mass is 35.5. The van der Waals surface area contributed by atoms with E-state index in [-0.39, 0.29) is 5.54 Å². The highest BCUT2D eigenvalue weighted by Crippen LogP contribution is 2.33. The lowest BCUT2D eigenvalue weighted by molar-refractivity contribution is 0.0954. The SMILES string of the molecule is NCC1(N2CCN(c3ccccc3Cl)CC2)CCCSC1. The molecule has 0 saturated carbocycles. The van der Waals surface area contributed by atoms with Gasteiger partial charge in [-0.15, -0.1) is 0 Å². The molecule has 0 radical (unpaired) electrons. The van der Waals surface area contributed by atoms with Gasteiger partial charge in [0.2, 0.25) is 0 Å². The molecule has 2 N–H and O–H groups in total. The smallest absolute Gasteiger partial charge is 0.0639 e. The van der Waals surface area contributed by atoms with E-state index in [1.165, 1.54) is 30.0 Å². The fraction of sp³-hybridized carbons (Fsp3) is 0.625. The number of halogens is 1. The molecular formula is C16H24ClN3S. The minimum atomic E-state index is 0.232.